The molecule has 1 aromatic rings. The number of carbonyl (C=O) groups is 2. The summed E-state index contributed by atoms with van der Waals surface area (Å²) in [6, 6.07) is 7.01. The summed E-state index contributed by atoms with van der Waals surface area (Å²) in [6.45, 7) is 5.07. The molecule has 88 valence electrons. The molecule has 2 rings (SSSR count). The fourth-order valence-corrected chi connectivity index (χ4v) is 1.60. The molecule has 1 aromatic carbocycles. The molecule has 0 N–H and O–H groups in total. The third-order valence-electron chi connectivity index (χ3n) is 2.44. The molecule has 1 atom stereocenters. The molecule has 1 heterocycles. The maximum atomic E-state index is 11.5. The normalized spacial score (nSPS) is 17.9. The number of rotatable bonds is 2. The minimum absolute atomic E-state index is 0.0377. The molecule has 0 saturated carbocycles. The van der Waals surface area contributed by atoms with Crippen LogP contribution in [0.15, 0.2) is 36.4 Å². The molecule has 0 spiro atoms. The van der Waals surface area contributed by atoms with Crippen LogP contribution in [0.3, 0.4) is 0 Å². The SMILES string of the molecule is C=C(C)C(=O)OC1CC(=O)Oc2ccccc21. The minimum Gasteiger partial charge on any atom is -0.453 e. The summed E-state index contributed by atoms with van der Waals surface area (Å²) >= 11 is 0. The molecular weight excluding hydrogens is 220 g/mol. The second kappa shape index (κ2) is 4.41. The first-order chi connectivity index (χ1) is 8.08. The van der Waals surface area contributed by atoms with Crippen molar-refractivity contribution in [2.75, 3.05) is 0 Å². The van der Waals surface area contributed by atoms with E-state index in [1.807, 2.05) is 0 Å². The van der Waals surface area contributed by atoms with Gasteiger partial charge in [0.05, 0.1) is 6.42 Å². The van der Waals surface area contributed by atoms with Gasteiger partial charge in [0.1, 0.15) is 11.9 Å². The summed E-state index contributed by atoms with van der Waals surface area (Å²) in [4.78, 5) is 22.8. The van der Waals surface area contributed by atoms with Crippen molar-refractivity contribution in [2.24, 2.45) is 0 Å². The Morgan fingerprint density at radius 1 is 1.47 bits per heavy atom. The Balaban J connectivity index is 2.27. The maximum Gasteiger partial charge on any atom is 0.333 e. The van der Waals surface area contributed by atoms with Crippen LogP contribution in [0.25, 0.3) is 0 Å². The van der Waals surface area contributed by atoms with Crippen molar-refractivity contribution in [3.8, 4) is 5.75 Å². The predicted octanol–water partition coefficient (Wildman–Crippen LogP) is 2.16. The molecule has 1 aliphatic heterocycles. The van der Waals surface area contributed by atoms with Gasteiger partial charge in [0, 0.05) is 11.1 Å². The molecule has 1 aliphatic rings. The topological polar surface area (TPSA) is 52.6 Å². The second-order valence-corrected chi connectivity index (χ2v) is 3.89. The van der Waals surface area contributed by atoms with Gasteiger partial charge in [-0.15, -0.1) is 0 Å². The fourth-order valence-electron chi connectivity index (χ4n) is 1.60. The van der Waals surface area contributed by atoms with Gasteiger partial charge in [0.25, 0.3) is 0 Å². The van der Waals surface area contributed by atoms with Crippen LogP contribution in [0.1, 0.15) is 25.0 Å². The largest absolute Gasteiger partial charge is 0.453 e. The van der Waals surface area contributed by atoms with E-state index in [4.69, 9.17) is 9.47 Å². The lowest BCUT2D eigenvalue weighted by Crippen LogP contribution is -2.23. The Labute approximate surface area is 98.8 Å². The number of carbonyl (C=O) groups excluding carboxylic acids is 2. The molecule has 4 nitrogen and oxygen atoms in total. The van der Waals surface area contributed by atoms with E-state index in [1.54, 1.807) is 31.2 Å². The number of para-hydroxylation sites is 1. The molecule has 0 bridgehead atoms. The van der Waals surface area contributed by atoms with Crippen LogP contribution < -0.4 is 4.74 Å². The van der Waals surface area contributed by atoms with E-state index >= 15 is 0 Å². The van der Waals surface area contributed by atoms with Crippen molar-refractivity contribution < 1.29 is 19.1 Å². The van der Waals surface area contributed by atoms with Gasteiger partial charge in [0.15, 0.2) is 0 Å². The van der Waals surface area contributed by atoms with Crippen LogP contribution in [0.2, 0.25) is 0 Å². The van der Waals surface area contributed by atoms with E-state index < -0.39 is 18.0 Å². The van der Waals surface area contributed by atoms with Crippen LogP contribution in [-0.2, 0) is 14.3 Å². The van der Waals surface area contributed by atoms with Gasteiger partial charge >= 0.3 is 11.9 Å². The lowest BCUT2D eigenvalue weighted by molar-refractivity contribution is -0.150. The van der Waals surface area contributed by atoms with Gasteiger partial charge in [-0.3, -0.25) is 4.79 Å². The van der Waals surface area contributed by atoms with Gasteiger partial charge in [0.2, 0.25) is 0 Å². The van der Waals surface area contributed by atoms with Crippen molar-refractivity contribution >= 4 is 11.9 Å². The first kappa shape index (κ1) is 11.4. The Morgan fingerprint density at radius 3 is 2.88 bits per heavy atom. The van der Waals surface area contributed by atoms with Gasteiger partial charge in [-0.25, -0.2) is 4.79 Å². The highest BCUT2D eigenvalue weighted by Gasteiger charge is 2.29. The second-order valence-electron chi connectivity index (χ2n) is 3.89. The first-order valence-electron chi connectivity index (χ1n) is 5.24. The monoisotopic (exact) mass is 232 g/mol. The van der Waals surface area contributed by atoms with Crippen LogP contribution in [0, 0.1) is 0 Å². The molecule has 0 radical (unpaired) electrons. The molecule has 0 saturated heterocycles. The van der Waals surface area contributed by atoms with Gasteiger partial charge < -0.3 is 9.47 Å². The number of hydrogen-bond donors (Lipinski definition) is 0. The summed E-state index contributed by atoms with van der Waals surface area (Å²) in [5.74, 6) is -0.453. The lowest BCUT2D eigenvalue weighted by Gasteiger charge is -2.24. The summed E-state index contributed by atoms with van der Waals surface area (Å²) in [6.07, 6.45) is -0.549. The summed E-state index contributed by atoms with van der Waals surface area (Å²) in [5.41, 5.74) is 1.02. The van der Waals surface area contributed by atoms with Crippen LogP contribution in [0.5, 0.6) is 5.75 Å². The number of ether oxygens (including phenoxy) is 2. The summed E-state index contributed by atoms with van der Waals surface area (Å²) in [7, 11) is 0. The lowest BCUT2D eigenvalue weighted by atomic mass is 10.0. The van der Waals surface area contributed by atoms with Gasteiger partial charge in [-0.1, -0.05) is 24.8 Å². The average Bonchev–Trinajstić information content (AvgIpc) is 2.28. The molecule has 0 fully saturated rings. The highest BCUT2D eigenvalue weighted by molar-refractivity contribution is 5.87. The molecule has 0 aliphatic carbocycles. The Kier molecular flexibility index (Phi) is 2.95. The molecular formula is C13H12O4. The van der Waals surface area contributed by atoms with E-state index in [-0.39, 0.29) is 6.42 Å². The van der Waals surface area contributed by atoms with E-state index in [1.165, 1.54) is 0 Å². The zero-order valence-corrected chi connectivity index (χ0v) is 9.43. The van der Waals surface area contributed by atoms with Gasteiger partial charge in [-0.05, 0) is 13.0 Å². The fraction of sp³-hybridized carbons (Fsp3) is 0.231. The van der Waals surface area contributed by atoms with Gasteiger partial charge in [-0.2, -0.15) is 0 Å². The van der Waals surface area contributed by atoms with Crippen molar-refractivity contribution in [3.05, 3.63) is 42.0 Å². The third kappa shape index (κ3) is 2.36. The summed E-state index contributed by atoms with van der Waals surface area (Å²) in [5, 5.41) is 0. The first-order valence-corrected chi connectivity index (χ1v) is 5.24. The molecule has 4 heteroatoms. The highest BCUT2D eigenvalue weighted by Crippen LogP contribution is 2.34. The molecule has 0 amide bonds. The number of hydrogen-bond acceptors (Lipinski definition) is 4. The van der Waals surface area contributed by atoms with Crippen molar-refractivity contribution in [1.82, 2.24) is 0 Å². The Morgan fingerprint density at radius 2 is 2.18 bits per heavy atom. The molecule has 0 aromatic heterocycles. The highest BCUT2D eigenvalue weighted by atomic mass is 16.6. The van der Waals surface area contributed by atoms with Crippen LogP contribution in [0.4, 0.5) is 0 Å². The van der Waals surface area contributed by atoms with Crippen molar-refractivity contribution in [2.45, 2.75) is 19.4 Å². The smallest absolute Gasteiger partial charge is 0.333 e. The van der Waals surface area contributed by atoms with E-state index in [2.05, 4.69) is 6.58 Å². The van der Waals surface area contributed by atoms with Crippen molar-refractivity contribution in [1.29, 1.82) is 0 Å². The van der Waals surface area contributed by atoms with Crippen LogP contribution >= 0.6 is 0 Å². The van der Waals surface area contributed by atoms with E-state index in [0.29, 0.717) is 16.9 Å². The number of esters is 2. The minimum atomic E-state index is -0.586. The third-order valence-corrected chi connectivity index (χ3v) is 2.44. The summed E-state index contributed by atoms with van der Waals surface area (Å²) < 4.78 is 10.3. The van der Waals surface area contributed by atoms with E-state index in [0.717, 1.165) is 0 Å². The van der Waals surface area contributed by atoms with E-state index in [9.17, 15) is 9.59 Å². The Hall–Kier alpha value is -2.10. The standard InChI is InChI=1S/C13H12O4/c1-8(2)13(15)17-11-7-12(14)16-10-6-4-3-5-9(10)11/h3-6,11H,1,7H2,2H3. The van der Waals surface area contributed by atoms with Crippen LogP contribution in [-0.4, -0.2) is 11.9 Å². The predicted molar refractivity (Wildman–Crippen MR) is 60.3 cm³/mol. The Bertz CT molecular complexity index is 490. The zero-order chi connectivity index (χ0) is 12.4. The number of benzene rings is 1. The molecule has 17 heavy (non-hydrogen) atoms. The number of fused-ring (bicyclic) bond motifs is 1. The van der Waals surface area contributed by atoms with Crippen molar-refractivity contribution in [3.63, 3.8) is 0 Å². The average molecular weight is 232 g/mol. The maximum absolute atomic E-state index is 11.5. The quantitative estimate of drug-likeness (QED) is 0.445. The zero-order valence-electron chi connectivity index (χ0n) is 9.43. The molecule has 1 unspecified atom stereocenters.